The molecular formula is C28H31N7O. The number of piperazine rings is 1. The number of benzene rings is 1. The summed E-state index contributed by atoms with van der Waals surface area (Å²) in [6, 6.07) is 12.3. The highest BCUT2D eigenvalue weighted by Gasteiger charge is 2.19. The van der Waals surface area contributed by atoms with Crippen LogP contribution in [-0.4, -0.2) is 60.1 Å². The molecule has 36 heavy (non-hydrogen) atoms. The Morgan fingerprint density at radius 1 is 0.917 bits per heavy atom. The lowest BCUT2D eigenvalue weighted by atomic mass is 10.0. The number of H-pyrrole nitrogens is 1. The van der Waals surface area contributed by atoms with Crippen LogP contribution in [0.15, 0.2) is 55.0 Å². The number of hydrogen-bond acceptors (Lipinski definition) is 6. The topological polar surface area (TPSA) is 89.2 Å². The molecule has 8 heteroatoms. The van der Waals surface area contributed by atoms with E-state index in [4.69, 9.17) is 0 Å². The van der Waals surface area contributed by atoms with Crippen LogP contribution in [0.5, 0.6) is 0 Å². The van der Waals surface area contributed by atoms with Crippen molar-refractivity contribution in [3.8, 4) is 11.1 Å². The molecule has 184 valence electrons. The van der Waals surface area contributed by atoms with Gasteiger partial charge in [0.1, 0.15) is 5.82 Å². The Bertz CT molecular complexity index is 1380. The van der Waals surface area contributed by atoms with Crippen LogP contribution < -0.4 is 20.4 Å². The average Bonchev–Trinajstić information content (AvgIpc) is 3.57. The van der Waals surface area contributed by atoms with Crippen molar-refractivity contribution in [3.05, 3.63) is 66.2 Å². The van der Waals surface area contributed by atoms with Crippen LogP contribution in [0, 0.1) is 6.92 Å². The van der Waals surface area contributed by atoms with E-state index in [1.54, 1.807) is 6.20 Å². The number of hydrogen-bond donors (Lipinski definition) is 3. The van der Waals surface area contributed by atoms with Crippen molar-refractivity contribution >= 4 is 34.0 Å². The third kappa shape index (κ3) is 4.40. The average molecular weight is 482 g/mol. The fourth-order valence-corrected chi connectivity index (χ4v) is 5.27. The molecule has 3 aromatic heterocycles. The maximum Gasteiger partial charge on any atom is 0.258 e. The molecule has 2 saturated heterocycles. The molecule has 2 aliphatic heterocycles. The molecule has 0 bridgehead atoms. The Morgan fingerprint density at radius 2 is 1.75 bits per heavy atom. The molecule has 1 amide bonds. The van der Waals surface area contributed by atoms with Gasteiger partial charge in [-0.25, -0.2) is 4.98 Å². The largest absolute Gasteiger partial charge is 0.370 e. The number of aromatic nitrogens is 3. The monoisotopic (exact) mass is 481 g/mol. The molecule has 0 atom stereocenters. The zero-order valence-corrected chi connectivity index (χ0v) is 20.6. The molecule has 5 heterocycles. The first-order chi connectivity index (χ1) is 17.7. The second-order valence-corrected chi connectivity index (χ2v) is 9.61. The molecule has 4 aromatic rings. The van der Waals surface area contributed by atoms with Crippen molar-refractivity contribution in [2.75, 3.05) is 54.4 Å². The quantitative estimate of drug-likeness (QED) is 0.396. The van der Waals surface area contributed by atoms with Crippen molar-refractivity contribution < 1.29 is 4.79 Å². The van der Waals surface area contributed by atoms with Crippen molar-refractivity contribution in [2.45, 2.75) is 19.8 Å². The minimum atomic E-state index is -0.142. The standard InChI is InChI=1S/C28H31N7O/c1-19-27(28(36)33-22-5-7-26(31-17-22)35-12-8-29-9-13-35)24-15-20(4-6-25(24)32-19)21-14-23(18-30-16-21)34-10-2-3-11-34/h4-7,14-18,29,32H,2-3,8-13H2,1H3,(H,33,36). The molecule has 6 rings (SSSR count). The van der Waals surface area contributed by atoms with E-state index in [-0.39, 0.29) is 5.91 Å². The first-order valence-corrected chi connectivity index (χ1v) is 12.7. The maximum absolute atomic E-state index is 13.4. The van der Waals surface area contributed by atoms with Gasteiger partial charge in [0.25, 0.3) is 5.91 Å². The van der Waals surface area contributed by atoms with Gasteiger partial charge < -0.3 is 25.4 Å². The zero-order valence-electron chi connectivity index (χ0n) is 20.6. The van der Waals surface area contributed by atoms with Gasteiger partial charge in [-0.15, -0.1) is 0 Å². The van der Waals surface area contributed by atoms with Crippen LogP contribution in [-0.2, 0) is 0 Å². The van der Waals surface area contributed by atoms with Gasteiger partial charge in [0.15, 0.2) is 0 Å². The highest BCUT2D eigenvalue weighted by Crippen LogP contribution is 2.31. The third-order valence-corrected chi connectivity index (χ3v) is 7.19. The van der Waals surface area contributed by atoms with Crippen LogP contribution >= 0.6 is 0 Å². The second-order valence-electron chi connectivity index (χ2n) is 9.61. The predicted molar refractivity (Wildman–Crippen MR) is 145 cm³/mol. The number of anilines is 3. The Morgan fingerprint density at radius 3 is 2.53 bits per heavy atom. The third-order valence-electron chi connectivity index (χ3n) is 7.19. The van der Waals surface area contributed by atoms with Crippen LogP contribution in [0.2, 0.25) is 0 Å². The van der Waals surface area contributed by atoms with Gasteiger partial charge >= 0.3 is 0 Å². The molecule has 0 saturated carbocycles. The Balaban J connectivity index is 1.26. The molecule has 0 aliphatic carbocycles. The van der Waals surface area contributed by atoms with E-state index in [1.807, 2.05) is 37.5 Å². The fourth-order valence-electron chi connectivity index (χ4n) is 5.27. The van der Waals surface area contributed by atoms with E-state index in [0.717, 1.165) is 78.5 Å². The summed E-state index contributed by atoms with van der Waals surface area (Å²) in [5, 5.41) is 7.30. The van der Waals surface area contributed by atoms with Gasteiger partial charge in [0, 0.05) is 67.6 Å². The number of rotatable bonds is 5. The van der Waals surface area contributed by atoms with Crippen LogP contribution in [0.1, 0.15) is 28.9 Å². The van der Waals surface area contributed by atoms with Crippen molar-refractivity contribution in [1.82, 2.24) is 20.3 Å². The fraction of sp³-hybridized carbons (Fsp3) is 0.321. The maximum atomic E-state index is 13.4. The van der Waals surface area contributed by atoms with Crippen molar-refractivity contribution in [1.29, 1.82) is 0 Å². The molecule has 3 N–H and O–H groups in total. The summed E-state index contributed by atoms with van der Waals surface area (Å²) in [5.41, 5.74) is 6.38. The number of nitrogens with zero attached hydrogens (tertiary/aromatic N) is 4. The SMILES string of the molecule is Cc1[nH]c2ccc(-c3cncc(N4CCCC4)c3)cc2c1C(=O)Nc1ccc(N2CCNCC2)nc1. The van der Waals surface area contributed by atoms with E-state index in [2.05, 4.69) is 53.6 Å². The van der Waals surface area contributed by atoms with Gasteiger partial charge in [-0.3, -0.25) is 9.78 Å². The number of amides is 1. The van der Waals surface area contributed by atoms with E-state index in [0.29, 0.717) is 11.3 Å². The molecule has 1 aromatic carbocycles. The van der Waals surface area contributed by atoms with Gasteiger partial charge in [0.05, 0.1) is 29.3 Å². The lowest BCUT2D eigenvalue weighted by Gasteiger charge is -2.28. The van der Waals surface area contributed by atoms with Gasteiger partial charge in [-0.05, 0) is 55.7 Å². The number of carbonyl (C=O) groups is 1. The molecule has 2 fully saturated rings. The van der Waals surface area contributed by atoms with E-state index < -0.39 is 0 Å². The molecule has 2 aliphatic rings. The summed E-state index contributed by atoms with van der Waals surface area (Å²) < 4.78 is 0. The zero-order chi connectivity index (χ0) is 24.5. The predicted octanol–water partition coefficient (Wildman–Crippen LogP) is 4.20. The number of pyridine rings is 2. The van der Waals surface area contributed by atoms with Gasteiger partial charge in [-0.1, -0.05) is 6.07 Å². The van der Waals surface area contributed by atoms with Crippen LogP contribution in [0.25, 0.3) is 22.0 Å². The summed E-state index contributed by atoms with van der Waals surface area (Å²) in [7, 11) is 0. The van der Waals surface area contributed by atoms with E-state index in [9.17, 15) is 4.79 Å². The van der Waals surface area contributed by atoms with Crippen LogP contribution in [0.3, 0.4) is 0 Å². The lowest BCUT2D eigenvalue weighted by molar-refractivity contribution is 0.102. The Hall–Kier alpha value is -3.91. The number of carbonyl (C=O) groups excluding carboxylic acids is 1. The number of aromatic amines is 1. The minimum Gasteiger partial charge on any atom is -0.370 e. The smallest absolute Gasteiger partial charge is 0.258 e. The highest BCUT2D eigenvalue weighted by atomic mass is 16.1. The van der Waals surface area contributed by atoms with Crippen LogP contribution in [0.4, 0.5) is 17.2 Å². The van der Waals surface area contributed by atoms with Gasteiger partial charge in [0.2, 0.25) is 0 Å². The number of aryl methyl sites for hydroxylation is 1. The minimum absolute atomic E-state index is 0.142. The van der Waals surface area contributed by atoms with Crippen molar-refractivity contribution in [3.63, 3.8) is 0 Å². The van der Waals surface area contributed by atoms with Gasteiger partial charge in [-0.2, -0.15) is 0 Å². The molecule has 0 spiro atoms. The number of fused-ring (bicyclic) bond motifs is 1. The second kappa shape index (κ2) is 9.62. The summed E-state index contributed by atoms with van der Waals surface area (Å²) >= 11 is 0. The molecule has 8 nitrogen and oxygen atoms in total. The first-order valence-electron chi connectivity index (χ1n) is 12.7. The first kappa shape index (κ1) is 22.5. The summed E-state index contributed by atoms with van der Waals surface area (Å²) in [6.45, 7) is 7.89. The lowest BCUT2D eigenvalue weighted by Crippen LogP contribution is -2.43. The summed E-state index contributed by atoms with van der Waals surface area (Å²) in [4.78, 5) is 30.5. The molecular weight excluding hydrogens is 450 g/mol. The summed E-state index contributed by atoms with van der Waals surface area (Å²) in [5.74, 6) is 0.795. The summed E-state index contributed by atoms with van der Waals surface area (Å²) in [6.07, 6.45) is 8.02. The Labute approximate surface area is 210 Å². The highest BCUT2D eigenvalue weighted by molar-refractivity contribution is 6.14. The normalized spacial score (nSPS) is 16.0. The molecule has 0 unspecified atom stereocenters. The Kier molecular flexibility index (Phi) is 6.03. The molecule has 0 radical (unpaired) electrons. The van der Waals surface area contributed by atoms with E-state index >= 15 is 0 Å². The van der Waals surface area contributed by atoms with Crippen molar-refractivity contribution in [2.24, 2.45) is 0 Å². The van der Waals surface area contributed by atoms with E-state index in [1.165, 1.54) is 12.8 Å². The number of nitrogens with one attached hydrogen (secondary N) is 3.